The van der Waals surface area contributed by atoms with E-state index in [9.17, 15) is 0 Å². The molecule has 15 heavy (non-hydrogen) atoms. The third-order valence-corrected chi connectivity index (χ3v) is 4.10. The van der Waals surface area contributed by atoms with Crippen LogP contribution in [-0.4, -0.2) is 36.6 Å². The van der Waals surface area contributed by atoms with Crippen LogP contribution in [0.5, 0.6) is 0 Å². The van der Waals surface area contributed by atoms with Crippen molar-refractivity contribution in [2.24, 2.45) is 5.92 Å². The molecule has 88 valence electrons. The van der Waals surface area contributed by atoms with Crippen molar-refractivity contribution in [3.63, 3.8) is 0 Å². The van der Waals surface area contributed by atoms with Crippen LogP contribution < -0.4 is 5.32 Å². The first-order valence-corrected chi connectivity index (χ1v) is 6.77. The Morgan fingerprint density at radius 2 is 2.07 bits per heavy atom. The minimum absolute atomic E-state index is 0.780. The summed E-state index contributed by atoms with van der Waals surface area (Å²) in [6.45, 7) is 8.42. The zero-order valence-electron chi connectivity index (χ0n) is 10.3. The molecule has 0 spiro atoms. The van der Waals surface area contributed by atoms with E-state index < -0.39 is 0 Å². The Hall–Kier alpha value is -0.0800. The Morgan fingerprint density at radius 3 is 2.67 bits per heavy atom. The first-order valence-electron chi connectivity index (χ1n) is 6.77. The van der Waals surface area contributed by atoms with Crippen LogP contribution in [0.1, 0.15) is 46.0 Å². The molecule has 2 heteroatoms. The van der Waals surface area contributed by atoms with E-state index in [4.69, 9.17) is 0 Å². The Kier molecular flexibility index (Phi) is 4.04. The number of likely N-dealkylation sites (tertiary alicyclic amines) is 1. The highest BCUT2D eigenvalue weighted by Crippen LogP contribution is 2.31. The third kappa shape index (κ3) is 3.46. The highest BCUT2D eigenvalue weighted by Gasteiger charge is 2.25. The van der Waals surface area contributed by atoms with Gasteiger partial charge in [-0.25, -0.2) is 0 Å². The lowest BCUT2D eigenvalue weighted by Gasteiger charge is -2.37. The lowest BCUT2D eigenvalue weighted by molar-refractivity contribution is 0.143. The van der Waals surface area contributed by atoms with Crippen molar-refractivity contribution in [2.75, 3.05) is 19.6 Å². The van der Waals surface area contributed by atoms with Gasteiger partial charge < -0.3 is 10.2 Å². The molecule has 2 rings (SSSR count). The molecule has 2 unspecified atom stereocenters. The quantitative estimate of drug-likeness (QED) is 0.749. The van der Waals surface area contributed by atoms with Crippen LogP contribution >= 0.6 is 0 Å². The fraction of sp³-hybridized carbons (Fsp3) is 1.00. The van der Waals surface area contributed by atoms with Gasteiger partial charge in [-0.1, -0.05) is 19.8 Å². The minimum Gasteiger partial charge on any atom is -0.314 e. The summed E-state index contributed by atoms with van der Waals surface area (Å²) in [6.07, 6.45) is 7.10. The number of hydrogen-bond acceptors (Lipinski definition) is 2. The first kappa shape index (κ1) is 11.4. The normalized spacial score (nSPS) is 33.2. The molecule has 0 bridgehead atoms. The molecule has 1 aliphatic carbocycles. The Balaban J connectivity index is 1.61. The molecule has 2 atom stereocenters. The molecular formula is C13H26N2. The van der Waals surface area contributed by atoms with Gasteiger partial charge in [-0.05, 0) is 51.7 Å². The highest BCUT2D eigenvalue weighted by atomic mass is 15.2. The fourth-order valence-corrected chi connectivity index (χ4v) is 2.77. The van der Waals surface area contributed by atoms with Gasteiger partial charge in [0, 0.05) is 12.1 Å². The molecule has 1 aliphatic heterocycles. The van der Waals surface area contributed by atoms with E-state index in [0.717, 1.165) is 18.0 Å². The van der Waals surface area contributed by atoms with Crippen molar-refractivity contribution in [3.8, 4) is 0 Å². The summed E-state index contributed by atoms with van der Waals surface area (Å²) < 4.78 is 0. The zero-order valence-corrected chi connectivity index (χ0v) is 10.3. The second-order valence-corrected chi connectivity index (χ2v) is 5.39. The van der Waals surface area contributed by atoms with Crippen molar-refractivity contribution in [1.29, 1.82) is 0 Å². The van der Waals surface area contributed by atoms with Gasteiger partial charge in [0.1, 0.15) is 0 Å². The summed E-state index contributed by atoms with van der Waals surface area (Å²) in [5.74, 6) is 1.07. The van der Waals surface area contributed by atoms with Crippen LogP contribution in [0.2, 0.25) is 0 Å². The van der Waals surface area contributed by atoms with E-state index in [-0.39, 0.29) is 0 Å². The topological polar surface area (TPSA) is 15.3 Å². The lowest BCUT2D eigenvalue weighted by atomic mass is 9.98. The summed E-state index contributed by atoms with van der Waals surface area (Å²) in [6, 6.07) is 1.57. The van der Waals surface area contributed by atoms with Crippen molar-refractivity contribution >= 4 is 0 Å². The molecule has 2 aliphatic rings. The van der Waals surface area contributed by atoms with E-state index >= 15 is 0 Å². The lowest BCUT2D eigenvalue weighted by Crippen LogP contribution is -2.47. The molecule has 1 heterocycles. The van der Waals surface area contributed by atoms with Crippen molar-refractivity contribution in [2.45, 2.75) is 58.0 Å². The smallest absolute Gasteiger partial charge is 0.00940 e. The number of nitrogens with one attached hydrogen (secondary N) is 1. The largest absolute Gasteiger partial charge is 0.314 e. The van der Waals surface area contributed by atoms with Gasteiger partial charge in [-0.3, -0.25) is 0 Å². The Bertz CT molecular complexity index is 189. The van der Waals surface area contributed by atoms with E-state index in [2.05, 4.69) is 24.1 Å². The van der Waals surface area contributed by atoms with E-state index in [1.807, 2.05) is 0 Å². The predicted molar refractivity (Wildman–Crippen MR) is 65.1 cm³/mol. The van der Waals surface area contributed by atoms with Gasteiger partial charge in [0.05, 0.1) is 0 Å². The van der Waals surface area contributed by atoms with Crippen molar-refractivity contribution < 1.29 is 0 Å². The summed E-state index contributed by atoms with van der Waals surface area (Å²) in [5, 5.41) is 3.74. The summed E-state index contributed by atoms with van der Waals surface area (Å²) in [7, 11) is 0. The molecule has 0 radical (unpaired) electrons. The maximum absolute atomic E-state index is 3.74. The van der Waals surface area contributed by atoms with Crippen LogP contribution in [0.4, 0.5) is 0 Å². The van der Waals surface area contributed by atoms with Crippen molar-refractivity contribution in [3.05, 3.63) is 0 Å². The molecule has 1 saturated heterocycles. The maximum Gasteiger partial charge on any atom is 0.00940 e. The standard InChI is InChI=1S/C13H26N2/c1-3-15-9-7-13(10-11(15)2)14-8-6-12-4-5-12/h11-14H,3-10H2,1-2H3. The predicted octanol–water partition coefficient (Wildman–Crippen LogP) is 2.25. The van der Waals surface area contributed by atoms with Crippen LogP contribution in [0.15, 0.2) is 0 Å². The monoisotopic (exact) mass is 210 g/mol. The summed E-state index contributed by atoms with van der Waals surface area (Å²) in [5.41, 5.74) is 0. The van der Waals surface area contributed by atoms with Gasteiger partial charge in [-0.15, -0.1) is 0 Å². The van der Waals surface area contributed by atoms with Crippen LogP contribution in [-0.2, 0) is 0 Å². The third-order valence-electron chi connectivity index (χ3n) is 4.10. The number of rotatable bonds is 5. The van der Waals surface area contributed by atoms with Crippen LogP contribution in [0, 0.1) is 5.92 Å². The van der Waals surface area contributed by atoms with Gasteiger partial charge in [-0.2, -0.15) is 0 Å². The van der Waals surface area contributed by atoms with E-state index in [1.165, 1.54) is 51.7 Å². The maximum atomic E-state index is 3.74. The van der Waals surface area contributed by atoms with Gasteiger partial charge in [0.2, 0.25) is 0 Å². The molecule has 1 N–H and O–H groups in total. The average Bonchev–Trinajstić information content (AvgIpc) is 3.02. The molecule has 1 saturated carbocycles. The molecule has 2 fully saturated rings. The van der Waals surface area contributed by atoms with Crippen molar-refractivity contribution in [1.82, 2.24) is 10.2 Å². The summed E-state index contributed by atoms with van der Waals surface area (Å²) in [4.78, 5) is 2.60. The average molecular weight is 210 g/mol. The molecule has 0 aromatic heterocycles. The second kappa shape index (κ2) is 5.31. The second-order valence-electron chi connectivity index (χ2n) is 5.39. The Morgan fingerprint density at radius 1 is 1.27 bits per heavy atom. The molecular weight excluding hydrogens is 184 g/mol. The molecule has 2 nitrogen and oxygen atoms in total. The number of nitrogens with zero attached hydrogens (tertiary/aromatic N) is 1. The van der Waals surface area contributed by atoms with Gasteiger partial charge in [0.25, 0.3) is 0 Å². The molecule has 0 amide bonds. The zero-order chi connectivity index (χ0) is 10.7. The van der Waals surface area contributed by atoms with Crippen LogP contribution in [0.25, 0.3) is 0 Å². The molecule has 0 aromatic rings. The minimum atomic E-state index is 0.780. The number of hydrogen-bond donors (Lipinski definition) is 1. The fourth-order valence-electron chi connectivity index (χ4n) is 2.77. The number of piperidine rings is 1. The first-order chi connectivity index (χ1) is 7.29. The SMILES string of the molecule is CCN1CCC(NCCC2CC2)CC1C. The summed E-state index contributed by atoms with van der Waals surface area (Å²) >= 11 is 0. The van der Waals surface area contributed by atoms with E-state index in [1.54, 1.807) is 0 Å². The van der Waals surface area contributed by atoms with Gasteiger partial charge >= 0.3 is 0 Å². The molecule has 0 aromatic carbocycles. The Labute approximate surface area is 94.4 Å². The van der Waals surface area contributed by atoms with Gasteiger partial charge in [0.15, 0.2) is 0 Å². The highest BCUT2D eigenvalue weighted by molar-refractivity contribution is 4.83. The van der Waals surface area contributed by atoms with Crippen LogP contribution in [0.3, 0.4) is 0 Å². The van der Waals surface area contributed by atoms with E-state index in [0.29, 0.717) is 0 Å².